The summed E-state index contributed by atoms with van der Waals surface area (Å²) in [5.74, 6) is 9.29. The lowest BCUT2D eigenvalue weighted by Crippen LogP contribution is -2.21. The van der Waals surface area contributed by atoms with Gasteiger partial charge in [0.05, 0.1) is 0 Å². The Hall–Kier alpha value is -1.01. The summed E-state index contributed by atoms with van der Waals surface area (Å²) in [6, 6.07) is 0.522. The van der Waals surface area contributed by atoms with E-state index in [1.807, 2.05) is 18.7 Å². The van der Waals surface area contributed by atoms with Crippen LogP contribution in [0.15, 0.2) is 6.33 Å². The Morgan fingerprint density at radius 3 is 2.93 bits per heavy atom. The van der Waals surface area contributed by atoms with Crippen molar-refractivity contribution >= 4 is 23.4 Å². The van der Waals surface area contributed by atoms with Gasteiger partial charge in [0, 0.05) is 17.4 Å². The zero-order valence-electron chi connectivity index (χ0n) is 8.66. The second-order valence-corrected chi connectivity index (χ2v) is 4.69. The Balaban J connectivity index is 2.13. The fourth-order valence-corrected chi connectivity index (χ4v) is 2.74. The van der Waals surface area contributed by atoms with E-state index in [1.165, 1.54) is 18.5 Å². The highest BCUT2D eigenvalue weighted by atomic mass is 32.2. The SMILES string of the molecule is Cc1c(NN)ncnc1NC1CCSC1. The summed E-state index contributed by atoms with van der Waals surface area (Å²) < 4.78 is 0. The lowest BCUT2D eigenvalue weighted by atomic mass is 10.2. The molecule has 5 nitrogen and oxygen atoms in total. The first-order valence-electron chi connectivity index (χ1n) is 4.93. The molecule has 0 aliphatic carbocycles. The van der Waals surface area contributed by atoms with E-state index in [4.69, 9.17) is 5.84 Å². The number of anilines is 2. The molecule has 82 valence electrons. The molecule has 1 aromatic heterocycles. The van der Waals surface area contributed by atoms with E-state index in [1.54, 1.807) is 0 Å². The number of hydrogen-bond acceptors (Lipinski definition) is 6. The fraction of sp³-hybridized carbons (Fsp3) is 0.556. The maximum Gasteiger partial charge on any atom is 0.148 e. The number of hydrazine groups is 1. The van der Waals surface area contributed by atoms with Crippen LogP contribution in [0.2, 0.25) is 0 Å². The molecule has 2 heterocycles. The highest BCUT2D eigenvalue weighted by molar-refractivity contribution is 7.99. The monoisotopic (exact) mass is 225 g/mol. The van der Waals surface area contributed by atoms with E-state index >= 15 is 0 Å². The van der Waals surface area contributed by atoms with Crippen molar-refractivity contribution in [3.05, 3.63) is 11.9 Å². The van der Waals surface area contributed by atoms with Gasteiger partial charge in [-0.15, -0.1) is 0 Å². The van der Waals surface area contributed by atoms with Crippen LogP contribution in [0.4, 0.5) is 11.6 Å². The van der Waals surface area contributed by atoms with Crippen molar-refractivity contribution in [1.82, 2.24) is 9.97 Å². The molecule has 0 bridgehead atoms. The molecule has 1 unspecified atom stereocenters. The lowest BCUT2D eigenvalue weighted by molar-refractivity contribution is 0.803. The van der Waals surface area contributed by atoms with E-state index in [2.05, 4.69) is 20.7 Å². The molecule has 2 rings (SSSR count). The number of nitrogens with two attached hydrogens (primary N) is 1. The van der Waals surface area contributed by atoms with Crippen molar-refractivity contribution in [2.45, 2.75) is 19.4 Å². The number of thioether (sulfide) groups is 1. The molecule has 0 amide bonds. The zero-order valence-corrected chi connectivity index (χ0v) is 9.47. The van der Waals surface area contributed by atoms with Crippen molar-refractivity contribution in [1.29, 1.82) is 0 Å². The van der Waals surface area contributed by atoms with E-state index in [9.17, 15) is 0 Å². The molecule has 0 aromatic carbocycles. The van der Waals surface area contributed by atoms with E-state index in [-0.39, 0.29) is 0 Å². The van der Waals surface area contributed by atoms with Crippen LogP contribution in [0.3, 0.4) is 0 Å². The Kier molecular flexibility index (Phi) is 3.27. The smallest absolute Gasteiger partial charge is 0.148 e. The van der Waals surface area contributed by atoms with Crippen LogP contribution in [-0.2, 0) is 0 Å². The second kappa shape index (κ2) is 4.67. The Labute approximate surface area is 93.2 Å². The Morgan fingerprint density at radius 2 is 2.27 bits per heavy atom. The van der Waals surface area contributed by atoms with Crippen molar-refractivity contribution in [2.24, 2.45) is 5.84 Å². The molecule has 6 heteroatoms. The number of aromatic nitrogens is 2. The normalized spacial score (nSPS) is 20.3. The van der Waals surface area contributed by atoms with Crippen LogP contribution >= 0.6 is 11.8 Å². The average molecular weight is 225 g/mol. The van der Waals surface area contributed by atoms with Crippen LogP contribution in [-0.4, -0.2) is 27.5 Å². The molecule has 4 N–H and O–H groups in total. The first-order valence-corrected chi connectivity index (χ1v) is 6.09. The van der Waals surface area contributed by atoms with Gasteiger partial charge in [-0.2, -0.15) is 11.8 Å². The van der Waals surface area contributed by atoms with Gasteiger partial charge in [0.25, 0.3) is 0 Å². The molecule has 0 spiro atoms. The van der Waals surface area contributed by atoms with Gasteiger partial charge in [0.15, 0.2) is 0 Å². The maximum atomic E-state index is 5.36. The summed E-state index contributed by atoms with van der Waals surface area (Å²) in [4.78, 5) is 8.26. The van der Waals surface area contributed by atoms with Crippen LogP contribution < -0.4 is 16.6 Å². The molecule has 1 aliphatic heterocycles. The van der Waals surface area contributed by atoms with Crippen LogP contribution in [0.5, 0.6) is 0 Å². The van der Waals surface area contributed by atoms with Gasteiger partial charge in [-0.1, -0.05) is 0 Å². The summed E-state index contributed by atoms with van der Waals surface area (Å²) >= 11 is 1.97. The van der Waals surface area contributed by atoms with Crippen molar-refractivity contribution in [3.8, 4) is 0 Å². The van der Waals surface area contributed by atoms with Gasteiger partial charge in [-0.3, -0.25) is 0 Å². The van der Waals surface area contributed by atoms with Crippen molar-refractivity contribution < 1.29 is 0 Å². The minimum atomic E-state index is 0.522. The van der Waals surface area contributed by atoms with Crippen molar-refractivity contribution in [3.63, 3.8) is 0 Å². The van der Waals surface area contributed by atoms with E-state index in [0.717, 1.165) is 17.1 Å². The third kappa shape index (κ3) is 2.32. The fourth-order valence-electron chi connectivity index (χ4n) is 1.58. The molecular weight excluding hydrogens is 210 g/mol. The summed E-state index contributed by atoms with van der Waals surface area (Å²) in [5, 5.41) is 3.42. The van der Waals surface area contributed by atoms with Gasteiger partial charge >= 0.3 is 0 Å². The number of nitrogens with zero attached hydrogens (tertiary/aromatic N) is 2. The minimum Gasteiger partial charge on any atom is -0.366 e. The van der Waals surface area contributed by atoms with Gasteiger partial charge in [-0.05, 0) is 19.1 Å². The topological polar surface area (TPSA) is 75.9 Å². The molecule has 15 heavy (non-hydrogen) atoms. The first-order chi connectivity index (χ1) is 7.31. The number of hydrogen-bond donors (Lipinski definition) is 3. The third-order valence-corrected chi connectivity index (χ3v) is 3.65. The third-order valence-electron chi connectivity index (χ3n) is 2.49. The Bertz CT molecular complexity index is 337. The predicted molar refractivity (Wildman–Crippen MR) is 63.9 cm³/mol. The summed E-state index contributed by atoms with van der Waals surface area (Å²) in [6.45, 7) is 1.96. The lowest BCUT2D eigenvalue weighted by Gasteiger charge is -2.15. The minimum absolute atomic E-state index is 0.522. The predicted octanol–water partition coefficient (Wildman–Crippen LogP) is 0.988. The molecule has 1 aliphatic rings. The Morgan fingerprint density at radius 1 is 1.47 bits per heavy atom. The molecule has 1 fully saturated rings. The first kappa shape index (κ1) is 10.5. The number of rotatable bonds is 3. The van der Waals surface area contributed by atoms with E-state index in [0.29, 0.717) is 11.9 Å². The second-order valence-electron chi connectivity index (χ2n) is 3.55. The molecule has 0 radical (unpaired) electrons. The highest BCUT2D eigenvalue weighted by Gasteiger charge is 2.17. The quantitative estimate of drug-likeness (QED) is 0.526. The molecule has 1 aromatic rings. The van der Waals surface area contributed by atoms with Crippen LogP contribution in [0.1, 0.15) is 12.0 Å². The van der Waals surface area contributed by atoms with Crippen LogP contribution in [0, 0.1) is 6.92 Å². The van der Waals surface area contributed by atoms with Gasteiger partial charge < -0.3 is 10.7 Å². The summed E-state index contributed by atoms with van der Waals surface area (Å²) in [7, 11) is 0. The van der Waals surface area contributed by atoms with Gasteiger partial charge in [0.2, 0.25) is 0 Å². The average Bonchev–Trinajstić information content (AvgIpc) is 2.74. The highest BCUT2D eigenvalue weighted by Crippen LogP contribution is 2.23. The largest absolute Gasteiger partial charge is 0.366 e. The molecular formula is C9H15N5S. The van der Waals surface area contributed by atoms with E-state index < -0.39 is 0 Å². The van der Waals surface area contributed by atoms with Crippen LogP contribution in [0.25, 0.3) is 0 Å². The standard InChI is InChI=1S/C9H15N5S/c1-6-8(11-5-12-9(6)14-10)13-7-2-3-15-4-7/h5,7H,2-4,10H2,1H3,(H2,11,12,13,14). The zero-order chi connectivity index (χ0) is 10.7. The number of nitrogens with one attached hydrogen (secondary N) is 2. The van der Waals surface area contributed by atoms with Gasteiger partial charge in [0.1, 0.15) is 18.0 Å². The molecule has 1 saturated heterocycles. The molecule has 0 saturated carbocycles. The molecule has 1 atom stereocenters. The summed E-state index contributed by atoms with van der Waals surface area (Å²) in [5.41, 5.74) is 3.53. The van der Waals surface area contributed by atoms with Crippen molar-refractivity contribution in [2.75, 3.05) is 22.2 Å². The maximum absolute atomic E-state index is 5.36. The number of nitrogen functional groups attached to an aromatic ring is 1. The summed E-state index contributed by atoms with van der Waals surface area (Å²) in [6.07, 6.45) is 2.71. The van der Waals surface area contributed by atoms with Gasteiger partial charge in [-0.25, -0.2) is 15.8 Å².